The van der Waals surface area contributed by atoms with E-state index >= 15 is 0 Å². The first-order valence-electron chi connectivity index (χ1n) is 5.10. The lowest BCUT2D eigenvalue weighted by molar-refractivity contribution is 0.367. The van der Waals surface area contributed by atoms with E-state index in [2.05, 4.69) is 9.97 Å². The quantitative estimate of drug-likeness (QED) is 0.802. The predicted octanol–water partition coefficient (Wildman–Crippen LogP) is 3.89. The third-order valence-electron chi connectivity index (χ3n) is 2.23. The summed E-state index contributed by atoms with van der Waals surface area (Å²) in [5, 5.41) is 0.670. The van der Waals surface area contributed by atoms with Gasteiger partial charge >= 0.3 is 0 Å². The maximum Gasteiger partial charge on any atom is 0.267 e. The van der Waals surface area contributed by atoms with Crippen molar-refractivity contribution < 1.29 is 9.47 Å². The molecule has 94 valence electrons. The highest BCUT2D eigenvalue weighted by molar-refractivity contribution is 6.32. The highest BCUT2D eigenvalue weighted by Crippen LogP contribution is 2.36. The van der Waals surface area contributed by atoms with Gasteiger partial charge in [0.25, 0.3) is 5.88 Å². The van der Waals surface area contributed by atoms with E-state index in [9.17, 15) is 0 Å². The summed E-state index contributed by atoms with van der Waals surface area (Å²) in [6.07, 6.45) is 1.30. The Kier molecular flexibility index (Phi) is 3.89. The van der Waals surface area contributed by atoms with Crippen LogP contribution in [-0.4, -0.2) is 17.1 Å². The van der Waals surface area contributed by atoms with Gasteiger partial charge in [-0.1, -0.05) is 29.3 Å². The molecule has 6 heteroatoms. The number of halogens is 2. The van der Waals surface area contributed by atoms with Crippen LogP contribution in [-0.2, 0) is 0 Å². The molecule has 1 aromatic carbocycles. The standard InChI is InChI=1S/C12H10Cl2N2O2/c1-7-3-4-8(13)9(5-7)18-12-10(17-2)11(14)15-6-16-12/h3-6H,1-2H3. The third kappa shape index (κ3) is 2.66. The number of benzene rings is 1. The second-order valence-corrected chi connectivity index (χ2v) is 4.30. The average molecular weight is 285 g/mol. The van der Waals surface area contributed by atoms with Gasteiger partial charge in [-0.3, -0.25) is 0 Å². The summed E-state index contributed by atoms with van der Waals surface area (Å²) in [5.74, 6) is 0.992. The zero-order valence-electron chi connectivity index (χ0n) is 9.78. The van der Waals surface area contributed by atoms with E-state index in [1.165, 1.54) is 13.4 Å². The SMILES string of the molecule is COc1c(Cl)ncnc1Oc1cc(C)ccc1Cl. The first kappa shape index (κ1) is 12.9. The van der Waals surface area contributed by atoms with Crippen LogP contribution in [0.2, 0.25) is 10.2 Å². The molecule has 0 N–H and O–H groups in total. The number of aryl methyl sites for hydroxylation is 1. The summed E-state index contributed by atoms with van der Waals surface area (Å²) in [4.78, 5) is 7.78. The number of ether oxygens (including phenoxy) is 2. The molecule has 0 atom stereocenters. The van der Waals surface area contributed by atoms with Crippen molar-refractivity contribution in [2.24, 2.45) is 0 Å². The van der Waals surface area contributed by atoms with Gasteiger partial charge in [-0.05, 0) is 24.6 Å². The molecule has 18 heavy (non-hydrogen) atoms. The molecule has 0 spiro atoms. The molecular formula is C12H10Cl2N2O2. The maximum atomic E-state index is 6.04. The minimum absolute atomic E-state index is 0.186. The van der Waals surface area contributed by atoms with Crippen molar-refractivity contribution in [1.29, 1.82) is 0 Å². The number of methoxy groups -OCH3 is 1. The van der Waals surface area contributed by atoms with E-state index in [1.807, 2.05) is 13.0 Å². The van der Waals surface area contributed by atoms with Gasteiger partial charge in [-0.25, -0.2) is 4.98 Å². The zero-order valence-corrected chi connectivity index (χ0v) is 11.3. The number of hydrogen-bond acceptors (Lipinski definition) is 4. The van der Waals surface area contributed by atoms with E-state index in [0.29, 0.717) is 10.8 Å². The van der Waals surface area contributed by atoms with Crippen LogP contribution in [0.5, 0.6) is 17.4 Å². The van der Waals surface area contributed by atoms with E-state index in [1.54, 1.807) is 12.1 Å². The molecule has 0 unspecified atom stereocenters. The summed E-state index contributed by atoms with van der Waals surface area (Å²) in [7, 11) is 1.47. The van der Waals surface area contributed by atoms with Crippen molar-refractivity contribution in [3.8, 4) is 17.4 Å². The first-order chi connectivity index (χ1) is 8.61. The summed E-state index contributed by atoms with van der Waals surface area (Å²) in [6.45, 7) is 1.94. The Labute approximate surface area is 114 Å². The zero-order chi connectivity index (χ0) is 13.1. The molecule has 0 amide bonds. The monoisotopic (exact) mass is 284 g/mol. The smallest absolute Gasteiger partial charge is 0.267 e. The van der Waals surface area contributed by atoms with Crippen molar-refractivity contribution in [2.75, 3.05) is 7.11 Å². The summed E-state index contributed by atoms with van der Waals surface area (Å²) in [6, 6.07) is 5.44. The molecule has 0 bridgehead atoms. The largest absolute Gasteiger partial charge is 0.489 e. The van der Waals surface area contributed by atoms with Crippen LogP contribution >= 0.6 is 23.2 Å². The molecule has 0 radical (unpaired) electrons. The highest BCUT2D eigenvalue weighted by Gasteiger charge is 2.14. The van der Waals surface area contributed by atoms with Crippen molar-refractivity contribution >= 4 is 23.2 Å². The van der Waals surface area contributed by atoms with Crippen LogP contribution in [0, 0.1) is 6.92 Å². The van der Waals surface area contributed by atoms with Crippen LogP contribution in [0.3, 0.4) is 0 Å². The topological polar surface area (TPSA) is 44.2 Å². The van der Waals surface area contributed by atoms with Gasteiger partial charge in [-0.15, -0.1) is 0 Å². The minimum Gasteiger partial charge on any atom is -0.489 e. The van der Waals surface area contributed by atoms with Crippen LogP contribution in [0.15, 0.2) is 24.5 Å². The molecule has 0 fully saturated rings. The summed E-state index contributed by atoms with van der Waals surface area (Å²) in [5.41, 5.74) is 1.02. The molecule has 4 nitrogen and oxygen atoms in total. The van der Waals surface area contributed by atoms with Gasteiger partial charge in [0.15, 0.2) is 5.15 Å². The normalized spacial score (nSPS) is 10.2. The van der Waals surface area contributed by atoms with E-state index in [0.717, 1.165) is 5.56 Å². The fourth-order valence-electron chi connectivity index (χ4n) is 1.37. The Bertz CT molecular complexity index is 576. The van der Waals surface area contributed by atoms with Gasteiger partial charge in [0.2, 0.25) is 5.75 Å². The second-order valence-electron chi connectivity index (χ2n) is 3.54. The maximum absolute atomic E-state index is 6.04. The number of hydrogen-bond donors (Lipinski definition) is 0. The molecule has 2 rings (SSSR count). The first-order valence-corrected chi connectivity index (χ1v) is 5.86. The molecule has 0 aliphatic carbocycles. The number of rotatable bonds is 3. The molecule has 0 saturated heterocycles. The van der Waals surface area contributed by atoms with Gasteiger partial charge in [0.05, 0.1) is 12.1 Å². The Balaban J connectivity index is 2.40. The van der Waals surface area contributed by atoms with Crippen LogP contribution in [0.4, 0.5) is 0 Å². The Morgan fingerprint density at radius 1 is 1.17 bits per heavy atom. The Morgan fingerprint density at radius 3 is 2.67 bits per heavy atom. The van der Waals surface area contributed by atoms with Crippen molar-refractivity contribution in [2.45, 2.75) is 6.92 Å². The van der Waals surface area contributed by atoms with Crippen molar-refractivity contribution in [3.05, 3.63) is 40.3 Å². The predicted molar refractivity (Wildman–Crippen MR) is 69.9 cm³/mol. The van der Waals surface area contributed by atoms with Crippen LogP contribution in [0.25, 0.3) is 0 Å². The summed E-state index contributed by atoms with van der Waals surface area (Å²) >= 11 is 11.9. The Hall–Kier alpha value is -1.52. The minimum atomic E-state index is 0.186. The van der Waals surface area contributed by atoms with Crippen LogP contribution < -0.4 is 9.47 Å². The van der Waals surface area contributed by atoms with Crippen molar-refractivity contribution in [3.63, 3.8) is 0 Å². The van der Waals surface area contributed by atoms with E-state index in [-0.39, 0.29) is 16.8 Å². The molecular weight excluding hydrogens is 275 g/mol. The molecule has 1 heterocycles. The lowest BCUT2D eigenvalue weighted by atomic mass is 10.2. The Morgan fingerprint density at radius 2 is 1.94 bits per heavy atom. The molecule has 0 aliphatic heterocycles. The van der Waals surface area contributed by atoms with Crippen molar-refractivity contribution in [1.82, 2.24) is 9.97 Å². The summed E-state index contributed by atoms with van der Waals surface area (Å²) < 4.78 is 10.7. The third-order valence-corrected chi connectivity index (χ3v) is 2.81. The number of aromatic nitrogens is 2. The van der Waals surface area contributed by atoms with Gasteiger partial charge in [0.1, 0.15) is 12.1 Å². The lowest BCUT2D eigenvalue weighted by Crippen LogP contribution is -1.96. The fraction of sp³-hybridized carbons (Fsp3) is 0.167. The lowest BCUT2D eigenvalue weighted by Gasteiger charge is -2.10. The highest BCUT2D eigenvalue weighted by atomic mass is 35.5. The molecule has 2 aromatic rings. The molecule has 0 aliphatic rings. The van der Waals surface area contributed by atoms with Gasteiger partial charge in [-0.2, -0.15) is 4.98 Å². The van der Waals surface area contributed by atoms with Crippen LogP contribution in [0.1, 0.15) is 5.56 Å². The number of nitrogens with zero attached hydrogens (tertiary/aromatic N) is 2. The second kappa shape index (κ2) is 5.42. The fourth-order valence-corrected chi connectivity index (χ4v) is 1.73. The molecule has 0 saturated carbocycles. The average Bonchev–Trinajstić information content (AvgIpc) is 2.34. The van der Waals surface area contributed by atoms with Gasteiger partial charge < -0.3 is 9.47 Å². The van der Waals surface area contributed by atoms with E-state index in [4.69, 9.17) is 32.7 Å². The molecule has 1 aromatic heterocycles. The van der Waals surface area contributed by atoms with Gasteiger partial charge in [0, 0.05) is 0 Å². The van der Waals surface area contributed by atoms with E-state index < -0.39 is 0 Å².